The van der Waals surface area contributed by atoms with E-state index in [9.17, 15) is 9.59 Å². The van der Waals surface area contributed by atoms with Crippen LogP contribution in [0.4, 0.5) is 11.4 Å². The largest absolute Gasteiger partial charge is 0.326 e. The molecule has 0 saturated carbocycles. The third-order valence-electron chi connectivity index (χ3n) is 3.33. The van der Waals surface area contributed by atoms with Crippen LogP contribution in [-0.2, 0) is 9.59 Å². The Morgan fingerprint density at radius 2 is 1.71 bits per heavy atom. The second-order valence-electron chi connectivity index (χ2n) is 6.28. The quantitative estimate of drug-likeness (QED) is 0.781. The predicted octanol–water partition coefficient (Wildman–Crippen LogP) is 2.61. The van der Waals surface area contributed by atoms with E-state index in [0.717, 1.165) is 0 Å². The van der Waals surface area contributed by atoms with Crippen LogP contribution < -0.4 is 16.0 Å². The lowest BCUT2D eigenvalue weighted by molar-refractivity contribution is -0.116. The fourth-order valence-electron chi connectivity index (χ4n) is 1.64. The zero-order chi connectivity index (χ0) is 16.0. The van der Waals surface area contributed by atoms with E-state index in [1.54, 1.807) is 24.3 Å². The maximum atomic E-state index is 11.9. The first-order valence-corrected chi connectivity index (χ1v) is 7.09. The highest BCUT2D eigenvalue weighted by atomic mass is 16.2. The van der Waals surface area contributed by atoms with Gasteiger partial charge in [-0.05, 0) is 30.5 Å². The smallest absolute Gasteiger partial charge is 0.238 e. The van der Waals surface area contributed by atoms with Gasteiger partial charge in [0.05, 0.1) is 6.54 Å². The standard InChI is InChI=1S/C16H25N3O2/c1-11(16(3,4)5)17-10-15(21)19-14-8-6-7-13(9-14)18-12(2)20/h6-9,11,17H,10H2,1-5H3,(H,18,20)(H,19,21). The second-order valence-corrected chi connectivity index (χ2v) is 6.28. The molecule has 1 atom stereocenters. The molecule has 3 N–H and O–H groups in total. The van der Waals surface area contributed by atoms with Crippen LogP contribution in [0, 0.1) is 5.41 Å². The van der Waals surface area contributed by atoms with Crippen molar-refractivity contribution in [3.05, 3.63) is 24.3 Å². The minimum absolute atomic E-state index is 0.103. The van der Waals surface area contributed by atoms with E-state index in [0.29, 0.717) is 11.4 Å². The van der Waals surface area contributed by atoms with Gasteiger partial charge in [-0.25, -0.2) is 0 Å². The summed E-state index contributed by atoms with van der Waals surface area (Å²) in [5.74, 6) is -0.245. The van der Waals surface area contributed by atoms with Crippen molar-refractivity contribution in [3.63, 3.8) is 0 Å². The molecule has 1 rings (SSSR count). The van der Waals surface area contributed by atoms with Crippen molar-refractivity contribution in [2.45, 2.75) is 40.7 Å². The summed E-state index contributed by atoms with van der Waals surface area (Å²) >= 11 is 0. The predicted molar refractivity (Wildman–Crippen MR) is 86.3 cm³/mol. The molecule has 0 spiro atoms. The Balaban J connectivity index is 2.53. The Labute approximate surface area is 126 Å². The molecule has 1 aromatic carbocycles. The lowest BCUT2D eigenvalue weighted by Crippen LogP contribution is -2.41. The normalized spacial score (nSPS) is 12.6. The zero-order valence-electron chi connectivity index (χ0n) is 13.4. The van der Waals surface area contributed by atoms with E-state index in [1.807, 2.05) is 0 Å². The topological polar surface area (TPSA) is 70.2 Å². The van der Waals surface area contributed by atoms with Gasteiger partial charge in [-0.1, -0.05) is 26.8 Å². The Kier molecular flexibility index (Phi) is 5.90. The highest BCUT2D eigenvalue weighted by molar-refractivity contribution is 5.94. The Hall–Kier alpha value is -1.88. The van der Waals surface area contributed by atoms with Crippen molar-refractivity contribution in [1.29, 1.82) is 0 Å². The third-order valence-corrected chi connectivity index (χ3v) is 3.33. The molecule has 116 valence electrons. The molecule has 5 nitrogen and oxygen atoms in total. The molecular formula is C16H25N3O2. The number of amides is 2. The first-order chi connectivity index (χ1) is 9.68. The summed E-state index contributed by atoms with van der Waals surface area (Å²) in [6.07, 6.45) is 0. The zero-order valence-corrected chi connectivity index (χ0v) is 13.4. The minimum Gasteiger partial charge on any atom is -0.326 e. The van der Waals surface area contributed by atoms with Crippen molar-refractivity contribution in [2.75, 3.05) is 17.2 Å². The highest BCUT2D eigenvalue weighted by Crippen LogP contribution is 2.18. The Morgan fingerprint density at radius 1 is 1.14 bits per heavy atom. The van der Waals surface area contributed by atoms with Crippen molar-refractivity contribution in [2.24, 2.45) is 5.41 Å². The van der Waals surface area contributed by atoms with Crippen LogP contribution >= 0.6 is 0 Å². The molecule has 0 radical (unpaired) electrons. The van der Waals surface area contributed by atoms with Gasteiger partial charge in [-0.3, -0.25) is 9.59 Å². The molecule has 0 fully saturated rings. The molecule has 1 aromatic rings. The average molecular weight is 291 g/mol. The van der Waals surface area contributed by atoms with Crippen molar-refractivity contribution < 1.29 is 9.59 Å². The Morgan fingerprint density at radius 3 is 2.24 bits per heavy atom. The molecular weight excluding hydrogens is 266 g/mol. The molecule has 0 heterocycles. The molecule has 0 bridgehead atoms. The summed E-state index contributed by atoms with van der Waals surface area (Å²) in [6.45, 7) is 10.1. The fourth-order valence-corrected chi connectivity index (χ4v) is 1.64. The van der Waals surface area contributed by atoms with Crippen molar-refractivity contribution >= 4 is 23.2 Å². The highest BCUT2D eigenvalue weighted by Gasteiger charge is 2.19. The molecule has 1 unspecified atom stereocenters. The summed E-state index contributed by atoms with van der Waals surface area (Å²) in [5.41, 5.74) is 1.43. The van der Waals surface area contributed by atoms with Crippen LogP contribution in [0.5, 0.6) is 0 Å². The summed E-state index contributed by atoms with van der Waals surface area (Å²) in [4.78, 5) is 22.9. The molecule has 2 amide bonds. The van der Waals surface area contributed by atoms with E-state index in [-0.39, 0.29) is 29.8 Å². The van der Waals surface area contributed by atoms with E-state index in [2.05, 4.69) is 43.6 Å². The molecule has 5 heteroatoms. The molecule has 0 aliphatic carbocycles. The number of benzene rings is 1. The lowest BCUT2D eigenvalue weighted by atomic mass is 9.88. The maximum Gasteiger partial charge on any atom is 0.238 e. The summed E-state index contributed by atoms with van der Waals surface area (Å²) < 4.78 is 0. The van der Waals surface area contributed by atoms with Crippen LogP contribution in [0.2, 0.25) is 0 Å². The number of hydrogen-bond acceptors (Lipinski definition) is 3. The molecule has 0 saturated heterocycles. The third kappa shape index (κ3) is 6.40. The van der Waals surface area contributed by atoms with E-state index in [1.165, 1.54) is 6.92 Å². The first-order valence-electron chi connectivity index (χ1n) is 7.09. The van der Waals surface area contributed by atoms with Crippen LogP contribution in [-0.4, -0.2) is 24.4 Å². The number of carbonyl (C=O) groups is 2. The van der Waals surface area contributed by atoms with Gasteiger partial charge in [0.1, 0.15) is 0 Å². The minimum atomic E-state index is -0.140. The first kappa shape index (κ1) is 17.2. The van der Waals surface area contributed by atoms with Crippen molar-refractivity contribution in [3.8, 4) is 0 Å². The fraction of sp³-hybridized carbons (Fsp3) is 0.500. The van der Waals surface area contributed by atoms with E-state index in [4.69, 9.17) is 0 Å². The van der Waals surface area contributed by atoms with Gasteiger partial charge in [-0.15, -0.1) is 0 Å². The van der Waals surface area contributed by atoms with Gasteiger partial charge < -0.3 is 16.0 Å². The van der Waals surface area contributed by atoms with Gasteiger partial charge in [0.25, 0.3) is 0 Å². The van der Waals surface area contributed by atoms with Crippen LogP contribution in [0.3, 0.4) is 0 Å². The number of hydrogen-bond donors (Lipinski definition) is 3. The number of rotatable bonds is 5. The summed E-state index contributed by atoms with van der Waals surface area (Å²) in [7, 11) is 0. The van der Waals surface area contributed by atoms with Gasteiger partial charge in [-0.2, -0.15) is 0 Å². The number of anilines is 2. The SMILES string of the molecule is CC(=O)Nc1cccc(NC(=O)CNC(C)C(C)(C)C)c1. The van der Waals surface area contributed by atoms with Gasteiger partial charge >= 0.3 is 0 Å². The van der Waals surface area contributed by atoms with E-state index >= 15 is 0 Å². The molecule has 21 heavy (non-hydrogen) atoms. The van der Waals surface area contributed by atoms with Gasteiger partial charge in [0, 0.05) is 24.3 Å². The average Bonchev–Trinajstić information content (AvgIpc) is 2.34. The molecule has 0 aromatic heterocycles. The second kappa shape index (κ2) is 7.22. The monoisotopic (exact) mass is 291 g/mol. The lowest BCUT2D eigenvalue weighted by Gasteiger charge is -2.28. The number of carbonyl (C=O) groups excluding carboxylic acids is 2. The van der Waals surface area contributed by atoms with Crippen LogP contribution in [0.25, 0.3) is 0 Å². The van der Waals surface area contributed by atoms with Crippen LogP contribution in [0.15, 0.2) is 24.3 Å². The Bertz CT molecular complexity index is 506. The summed E-state index contributed by atoms with van der Waals surface area (Å²) in [5, 5.41) is 8.70. The van der Waals surface area contributed by atoms with Gasteiger partial charge in [0.2, 0.25) is 11.8 Å². The number of nitrogens with one attached hydrogen (secondary N) is 3. The molecule has 0 aliphatic rings. The molecule has 0 aliphatic heterocycles. The van der Waals surface area contributed by atoms with Crippen molar-refractivity contribution in [1.82, 2.24) is 5.32 Å². The van der Waals surface area contributed by atoms with Gasteiger partial charge in [0.15, 0.2) is 0 Å². The summed E-state index contributed by atoms with van der Waals surface area (Å²) in [6, 6.07) is 7.31. The van der Waals surface area contributed by atoms with Crippen LogP contribution in [0.1, 0.15) is 34.6 Å². The maximum absolute atomic E-state index is 11.9. The van der Waals surface area contributed by atoms with E-state index < -0.39 is 0 Å².